The highest BCUT2D eigenvalue weighted by Gasteiger charge is 2.30. The Bertz CT molecular complexity index is 1140. The molecular formula is C32H40N2O3. The van der Waals surface area contributed by atoms with Crippen LogP contribution in [0.2, 0.25) is 0 Å². The lowest BCUT2D eigenvalue weighted by atomic mass is 10.0. The molecule has 3 aromatic carbocycles. The van der Waals surface area contributed by atoms with Crippen molar-refractivity contribution >= 4 is 11.8 Å². The lowest BCUT2D eigenvalue weighted by Gasteiger charge is -2.32. The number of carbonyl (C=O) groups is 2. The first-order valence-corrected chi connectivity index (χ1v) is 13.1. The number of nitrogens with one attached hydrogen (secondary N) is 1. The van der Waals surface area contributed by atoms with Crippen LogP contribution in [-0.4, -0.2) is 35.9 Å². The molecule has 0 saturated carbocycles. The Morgan fingerprint density at radius 2 is 1.54 bits per heavy atom. The van der Waals surface area contributed by atoms with Crippen molar-refractivity contribution in [2.45, 2.75) is 59.5 Å². The van der Waals surface area contributed by atoms with Crippen LogP contribution in [0.3, 0.4) is 0 Å². The number of rotatable bonds is 12. The van der Waals surface area contributed by atoms with Gasteiger partial charge in [-0.15, -0.1) is 0 Å². The fraction of sp³-hybridized carbons (Fsp3) is 0.375. The highest BCUT2D eigenvalue weighted by Crippen LogP contribution is 2.20. The van der Waals surface area contributed by atoms with Gasteiger partial charge in [0.1, 0.15) is 11.8 Å². The molecule has 0 aromatic heterocycles. The van der Waals surface area contributed by atoms with E-state index in [1.807, 2.05) is 79.7 Å². The minimum atomic E-state index is -0.666. The molecule has 0 saturated heterocycles. The van der Waals surface area contributed by atoms with E-state index in [0.29, 0.717) is 37.1 Å². The van der Waals surface area contributed by atoms with E-state index in [0.717, 1.165) is 16.7 Å². The summed E-state index contributed by atoms with van der Waals surface area (Å²) in [5.74, 6) is 0.982. The van der Waals surface area contributed by atoms with Crippen LogP contribution in [0.4, 0.5) is 0 Å². The molecule has 0 spiro atoms. The Kier molecular flexibility index (Phi) is 10.3. The molecule has 37 heavy (non-hydrogen) atoms. The van der Waals surface area contributed by atoms with Gasteiger partial charge in [0.25, 0.3) is 5.91 Å². The van der Waals surface area contributed by atoms with Crippen molar-refractivity contribution in [1.29, 1.82) is 0 Å². The molecule has 0 bridgehead atoms. The summed E-state index contributed by atoms with van der Waals surface area (Å²) in [7, 11) is 0. The second-order valence-corrected chi connectivity index (χ2v) is 10.4. The molecule has 2 amide bonds. The number of amides is 2. The largest absolute Gasteiger partial charge is 0.484 e. The van der Waals surface area contributed by atoms with Gasteiger partial charge in [-0.05, 0) is 47.6 Å². The van der Waals surface area contributed by atoms with Gasteiger partial charge in [-0.1, -0.05) is 100.0 Å². The molecule has 1 atom stereocenters. The topological polar surface area (TPSA) is 58.6 Å². The first-order valence-electron chi connectivity index (χ1n) is 13.1. The maximum Gasteiger partial charge on any atom is 0.261 e. The van der Waals surface area contributed by atoms with E-state index in [9.17, 15) is 9.59 Å². The molecule has 5 nitrogen and oxygen atoms in total. The van der Waals surface area contributed by atoms with E-state index in [4.69, 9.17) is 4.74 Å². The average molecular weight is 501 g/mol. The van der Waals surface area contributed by atoms with Gasteiger partial charge in [0.2, 0.25) is 5.91 Å². The average Bonchev–Trinajstić information content (AvgIpc) is 2.88. The SMILES string of the molecule is Cc1cccc(CN(C(=O)COc2ccc(C(C)C)cc2)[C@H](Cc2ccccc2)C(=O)NCC(C)C)c1. The van der Waals surface area contributed by atoms with Crippen LogP contribution in [-0.2, 0) is 22.6 Å². The van der Waals surface area contributed by atoms with E-state index in [1.165, 1.54) is 5.56 Å². The molecule has 196 valence electrons. The second-order valence-electron chi connectivity index (χ2n) is 10.4. The fourth-order valence-corrected chi connectivity index (χ4v) is 4.16. The van der Waals surface area contributed by atoms with E-state index in [2.05, 4.69) is 39.1 Å². The third-order valence-corrected chi connectivity index (χ3v) is 6.30. The lowest BCUT2D eigenvalue weighted by molar-refractivity contribution is -0.142. The highest BCUT2D eigenvalue weighted by molar-refractivity contribution is 5.88. The molecule has 0 fully saturated rings. The van der Waals surface area contributed by atoms with Crippen molar-refractivity contribution in [3.63, 3.8) is 0 Å². The number of ether oxygens (including phenoxy) is 1. The van der Waals surface area contributed by atoms with Gasteiger partial charge in [0.05, 0.1) is 0 Å². The predicted octanol–water partition coefficient (Wildman–Crippen LogP) is 5.91. The van der Waals surface area contributed by atoms with Gasteiger partial charge in [-0.3, -0.25) is 9.59 Å². The summed E-state index contributed by atoms with van der Waals surface area (Å²) in [4.78, 5) is 28.8. The third-order valence-electron chi connectivity index (χ3n) is 6.30. The number of hydrogen-bond acceptors (Lipinski definition) is 3. The van der Waals surface area contributed by atoms with E-state index in [1.54, 1.807) is 4.90 Å². The summed E-state index contributed by atoms with van der Waals surface area (Å²) in [5.41, 5.74) is 4.29. The van der Waals surface area contributed by atoms with Crippen molar-refractivity contribution in [3.05, 3.63) is 101 Å². The zero-order valence-electron chi connectivity index (χ0n) is 22.7. The van der Waals surface area contributed by atoms with Crippen LogP contribution in [0.1, 0.15) is 55.9 Å². The quantitative estimate of drug-likeness (QED) is 0.336. The minimum Gasteiger partial charge on any atom is -0.484 e. The van der Waals surface area contributed by atoms with E-state index in [-0.39, 0.29) is 18.4 Å². The maximum atomic E-state index is 13.7. The van der Waals surface area contributed by atoms with Crippen LogP contribution in [0.5, 0.6) is 5.75 Å². The number of aryl methyl sites for hydroxylation is 1. The summed E-state index contributed by atoms with van der Waals surface area (Å²) in [6.45, 7) is 11.1. The van der Waals surface area contributed by atoms with Gasteiger partial charge < -0.3 is 15.0 Å². The van der Waals surface area contributed by atoms with Crippen LogP contribution in [0.15, 0.2) is 78.9 Å². The molecule has 0 radical (unpaired) electrons. The summed E-state index contributed by atoms with van der Waals surface area (Å²) in [6.07, 6.45) is 0.422. The van der Waals surface area contributed by atoms with Gasteiger partial charge in [-0.25, -0.2) is 0 Å². The predicted molar refractivity (Wildman–Crippen MR) is 150 cm³/mol. The molecule has 1 N–H and O–H groups in total. The van der Waals surface area contributed by atoms with Crippen molar-refractivity contribution < 1.29 is 14.3 Å². The number of carbonyl (C=O) groups excluding carboxylic acids is 2. The monoisotopic (exact) mass is 500 g/mol. The Labute approximate surface area is 221 Å². The van der Waals surface area contributed by atoms with Crippen LogP contribution >= 0.6 is 0 Å². The summed E-state index contributed by atoms with van der Waals surface area (Å²) < 4.78 is 5.90. The van der Waals surface area contributed by atoms with E-state index >= 15 is 0 Å². The Balaban J connectivity index is 1.87. The molecule has 0 heterocycles. The first kappa shape index (κ1) is 28.0. The summed E-state index contributed by atoms with van der Waals surface area (Å²) >= 11 is 0. The molecule has 0 aliphatic carbocycles. The zero-order chi connectivity index (χ0) is 26.8. The molecule has 0 aliphatic rings. The number of nitrogens with zero attached hydrogens (tertiary/aromatic N) is 1. The van der Waals surface area contributed by atoms with Crippen LogP contribution in [0.25, 0.3) is 0 Å². The van der Waals surface area contributed by atoms with Gasteiger partial charge >= 0.3 is 0 Å². The third kappa shape index (κ3) is 8.78. The highest BCUT2D eigenvalue weighted by atomic mass is 16.5. The fourth-order valence-electron chi connectivity index (χ4n) is 4.16. The molecule has 3 rings (SSSR count). The minimum absolute atomic E-state index is 0.143. The molecule has 0 aliphatic heterocycles. The summed E-state index contributed by atoms with van der Waals surface area (Å²) in [5, 5.41) is 3.05. The van der Waals surface area contributed by atoms with Crippen molar-refractivity contribution in [3.8, 4) is 5.75 Å². The summed E-state index contributed by atoms with van der Waals surface area (Å²) in [6, 6.07) is 25.0. The number of hydrogen-bond donors (Lipinski definition) is 1. The van der Waals surface area contributed by atoms with Crippen molar-refractivity contribution in [1.82, 2.24) is 10.2 Å². The van der Waals surface area contributed by atoms with Gasteiger partial charge in [0, 0.05) is 19.5 Å². The lowest BCUT2D eigenvalue weighted by Crippen LogP contribution is -2.52. The molecular weight excluding hydrogens is 460 g/mol. The Morgan fingerprint density at radius 1 is 0.865 bits per heavy atom. The van der Waals surface area contributed by atoms with Crippen molar-refractivity contribution in [2.24, 2.45) is 5.92 Å². The van der Waals surface area contributed by atoms with E-state index < -0.39 is 6.04 Å². The zero-order valence-corrected chi connectivity index (χ0v) is 22.7. The van der Waals surface area contributed by atoms with Crippen molar-refractivity contribution in [2.75, 3.05) is 13.2 Å². The Morgan fingerprint density at radius 3 is 2.16 bits per heavy atom. The Hall–Kier alpha value is -3.60. The molecule has 3 aromatic rings. The van der Waals surface area contributed by atoms with Gasteiger partial charge in [0.15, 0.2) is 6.61 Å². The van der Waals surface area contributed by atoms with Crippen LogP contribution < -0.4 is 10.1 Å². The molecule has 0 unspecified atom stereocenters. The maximum absolute atomic E-state index is 13.7. The second kappa shape index (κ2) is 13.6. The standard InChI is InChI=1S/C32H40N2O3/c1-23(2)20-33-32(36)30(19-26-11-7-6-8-12-26)34(21-27-13-9-10-25(5)18-27)31(35)22-37-29-16-14-28(15-17-29)24(3)4/h6-18,23-24,30H,19-22H2,1-5H3,(H,33,36)/t30-/m1/s1. The number of benzene rings is 3. The normalized spacial score (nSPS) is 11.9. The van der Waals surface area contributed by atoms with Gasteiger partial charge in [-0.2, -0.15) is 0 Å². The van der Waals surface area contributed by atoms with Crippen LogP contribution in [0, 0.1) is 12.8 Å². The first-order chi connectivity index (χ1) is 17.7. The molecule has 5 heteroatoms. The smallest absolute Gasteiger partial charge is 0.261 e.